The van der Waals surface area contributed by atoms with Gasteiger partial charge in [0.05, 0.1) is 28.1 Å². The monoisotopic (exact) mass is 324 g/mol. The van der Waals surface area contributed by atoms with E-state index in [4.69, 9.17) is 5.84 Å². The molecule has 0 aliphatic heterocycles. The normalized spacial score (nSPS) is 12.4. The van der Waals surface area contributed by atoms with Crippen molar-refractivity contribution in [2.75, 3.05) is 0 Å². The summed E-state index contributed by atoms with van der Waals surface area (Å²) in [5, 5.41) is 0. The van der Waals surface area contributed by atoms with Crippen LogP contribution in [0, 0.1) is 12.7 Å². The SMILES string of the molecule is Cc1cnc(C(Cc2cccc(F)c2Br)NN)cn1. The zero-order chi connectivity index (χ0) is 13.8. The minimum atomic E-state index is -0.289. The van der Waals surface area contributed by atoms with Gasteiger partial charge in [0.25, 0.3) is 0 Å². The molecule has 0 aliphatic carbocycles. The van der Waals surface area contributed by atoms with E-state index in [2.05, 4.69) is 31.3 Å². The smallest absolute Gasteiger partial charge is 0.137 e. The van der Waals surface area contributed by atoms with Gasteiger partial charge in [-0.25, -0.2) is 4.39 Å². The Balaban J connectivity index is 2.24. The second kappa shape index (κ2) is 6.18. The van der Waals surface area contributed by atoms with E-state index < -0.39 is 0 Å². The van der Waals surface area contributed by atoms with Gasteiger partial charge in [0.15, 0.2) is 0 Å². The molecular formula is C13H14BrFN4. The number of hydrogen-bond acceptors (Lipinski definition) is 4. The molecule has 100 valence electrons. The number of hydrogen-bond donors (Lipinski definition) is 2. The van der Waals surface area contributed by atoms with E-state index in [9.17, 15) is 4.39 Å². The molecule has 0 saturated carbocycles. The van der Waals surface area contributed by atoms with Crippen LogP contribution in [-0.2, 0) is 6.42 Å². The van der Waals surface area contributed by atoms with Crippen LogP contribution >= 0.6 is 15.9 Å². The van der Waals surface area contributed by atoms with Gasteiger partial charge in [0.1, 0.15) is 5.82 Å². The zero-order valence-corrected chi connectivity index (χ0v) is 12.0. The second-order valence-corrected chi connectivity index (χ2v) is 5.01. The van der Waals surface area contributed by atoms with Crippen LogP contribution in [0.4, 0.5) is 4.39 Å². The number of aromatic nitrogens is 2. The van der Waals surface area contributed by atoms with Crippen LogP contribution in [0.2, 0.25) is 0 Å². The lowest BCUT2D eigenvalue weighted by Gasteiger charge is -2.16. The molecule has 0 aliphatic rings. The van der Waals surface area contributed by atoms with Crippen LogP contribution in [-0.4, -0.2) is 9.97 Å². The number of nitrogens with two attached hydrogens (primary N) is 1. The molecule has 1 unspecified atom stereocenters. The van der Waals surface area contributed by atoms with Gasteiger partial charge in [-0.15, -0.1) is 0 Å². The minimum absolute atomic E-state index is 0.216. The molecule has 0 spiro atoms. The highest BCUT2D eigenvalue weighted by molar-refractivity contribution is 9.10. The van der Waals surface area contributed by atoms with Crippen molar-refractivity contribution in [1.29, 1.82) is 0 Å². The summed E-state index contributed by atoms with van der Waals surface area (Å²) in [5.41, 5.74) is 5.08. The third kappa shape index (κ3) is 3.34. The third-order valence-corrected chi connectivity index (χ3v) is 3.70. The maximum Gasteiger partial charge on any atom is 0.137 e. The molecule has 19 heavy (non-hydrogen) atoms. The molecule has 3 N–H and O–H groups in total. The zero-order valence-electron chi connectivity index (χ0n) is 10.4. The Bertz CT molecular complexity index is 559. The first-order valence-corrected chi connectivity index (χ1v) is 6.58. The fraction of sp³-hybridized carbons (Fsp3) is 0.231. The molecule has 0 saturated heterocycles. The molecule has 4 nitrogen and oxygen atoms in total. The van der Waals surface area contributed by atoms with Crippen LogP contribution in [0.15, 0.2) is 35.1 Å². The van der Waals surface area contributed by atoms with Gasteiger partial charge in [-0.2, -0.15) is 0 Å². The summed E-state index contributed by atoms with van der Waals surface area (Å²) in [6, 6.07) is 4.71. The summed E-state index contributed by atoms with van der Waals surface area (Å²) in [7, 11) is 0. The summed E-state index contributed by atoms with van der Waals surface area (Å²) in [5.74, 6) is 5.26. The number of nitrogens with zero attached hydrogens (tertiary/aromatic N) is 2. The maximum atomic E-state index is 13.5. The van der Waals surface area contributed by atoms with Gasteiger partial charge in [-0.3, -0.25) is 21.2 Å². The lowest BCUT2D eigenvalue weighted by molar-refractivity contribution is 0.531. The van der Waals surface area contributed by atoms with Gasteiger partial charge < -0.3 is 0 Å². The Morgan fingerprint density at radius 3 is 2.79 bits per heavy atom. The van der Waals surface area contributed by atoms with Gasteiger partial charge in [-0.1, -0.05) is 12.1 Å². The molecule has 1 heterocycles. The fourth-order valence-electron chi connectivity index (χ4n) is 1.76. The van der Waals surface area contributed by atoms with Gasteiger partial charge in [-0.05, 0) is 40.9 Å². The Hall–Kier alpha value is -1.37. The van der Waals surface area contributed by atoms with Crippen LogP contribution in [0.5, 0.6) is 0 Å². The van der Waals surface area contributed by atoms with Crippen LogP contribution in [0.25, 0.3) is 0 Å². The molecule has 6 heteroatoms. The number of halogens is 2. The van der Waals surface area contributed by atoms with Crippen molar-refractivity contribution in [3.05, 3.63) is 57.8 Å². The van der Waals surface area contributed by atoms with Crippen molar-refractivity contribution in [2.45, 2.75) is 19.4 Å². The standard InChI is InChI=1S/C13H14BrFN4/c1-8-6-18-12(7-17-8)11(19-16)5-9-3-2-4-10(15)13(9)14/h2-4,6-7,11,19H,5,16H2,1H3. The van der Waals surface area contributed by atoms with Crippen molar-refractivity contribution in [1.82, 2.24) is 15.4 Å². The Kier molecular flexibility index (Phi) is 4.57. The maximum absolute atomic E-state index is 13.5. The lowest BCUT2D eigenvalue weighted by atomic mass is 10.0. The predicted molar refractivity (Wildman–Crippen MR) is 74.6 cm³/mol. The fourth-order valence-corrected chi connectivity index (χ4v) is 2.18. The van der Waals surface area contributed by atoms with Crippen molar-refractivity contribution in [2.24, 2.45) is 5.84 Å². The van der Waals surface area contributed by atoms with Crippen LogP contribution < -0.4 is 11.3 Å². The van der Waals surface area contributed by atoms with Crippen molar-refractivity contribution >= 4 is 15.9 Å². The predicted octanol–water partition coefficient (Wildman–Crippen LogP) is 2.43. The summed E-state index contributed by atoms with van der Waals surface area (Å²) in [6.45, 7) is 1.87. The highest BCUT2D eigenvalue weighted by atomic mass is 79.9. The Labute approximate surface area is 119 Å². The quantitative estimate of drug-likeness (QED) is 0.669. The molecular weight excluding hydrogens is 311 g/mol. The van der Waals surface area contributed by atoms with E-state index in [1.54, 1.807) is 18.5 Å². The van der Waals surface area contributed by atoms with E-state index in [0.717, 1.165) is 17.0 Å². The number of benzene rings is 1. The first kappa shape index (κ1) is 14.0. The van der Waals surface area contributed by atoms with Crippen LogP contribution in [0.3, 0.4) is 0 Å². The number of rotatable bonds is 4. The number of hydrazine groups is 1. The first-order valence-electron chi connectivity index (χ1n) is 5.79. The highest BCUT2D eigenvalue weighted by Crippen LogP contribution is 2.24. The highest BCUT2D eigenvalue weighted by Gasteiger charge is 2.15. The van der Waals surface area contributed by atoms with Crippen LogP contribution in [0.1, 0.15) is 23.0 Å². The summed E-state index contributed by atoms with van der Waals surface area (Å²) >= 11 is 3.24. The van der Waals surface area contributed by atoms with E-state index in [1.807, 2.05) is 13.0 Å². The van der Waals surface area contributed by atoms with Crippen molar-refractivity contribution in [3.63, 3.8) is 0 Å². The van der Waals surface area contributed by atoms with Crippen molar-refractivity contribution in [3.8, 4) is 0 Å². The van der Waals surface area contributed by atoms with Gasteiger partial charge in [0.2, 0.25) is 0 Å². The molecule has 2 rings (SSSR count). The molecule has 0 bridgehead atoms. The largest absolute Gasteiger partial charge is 0.271 e. The van der Waals surface area contributed by atoms with E-state index in [-0.39, 0.29) is 11.9 Å². The number of nitrogens with one attached hydrogen (secondary N) is 1. The Morgan fingerprint density at radius 1 is 1.37 bits per heavy atom. The summed E-state index contributed by atoms with van der Waals surface area (Å²) in [6.07, 6.45) is 3.87. The van der Waals surface area contributed by atoms with E-state index in [1.165, 1.54) is 6.07 Å². The molecule has 0 radical (unpaired) electrons. The second-order valence-electron chi connectivity index (χ2n) is 4.22. The van der Waals surface area contributed by atoms with E-state index in [0.29, 0.717) is 10.9 Å². The third-order valence-electron chi connectivity index (χ3n) is 2.81. The molecule has 1 aromatic carbocycles. The topological polar surface area (TPSA) is 63.8 Å². The first-order chi connectivity index (χ1) is 9.11. The average Bonchev–Trinajstić information content (AvgIpc) is 2.42. The molecule has 1 aromatic heterocycles. The van der Waals surface area contributed by atoms with Crippen molar-refractivity contribution < 1.29 is 4.39 Å². The van der Waals surface area contributed by atoms with E-state index >= 15 is 0 Å². The summed E-state index contributed by atoms with van der Waals surface area (Å²) < 4.78 is 13.9. The molecule has 2 aromatic rings. The summed E-state index contributed by atoms with van der Waals surface area (Å²) in [4.78, 5) is 8.47. The minimum Gasteiger partial charge on any atom is -0.271 e. The molecule has 0 amide bonds. The molecule has 1 atom stereocenters. The molecule has 0 fully saturated rings. The Morgan fingerprint density at radius 2 is 2.16 bits per heavy atom. The number of aryl methyl sites for hydroxylation is 1. The average molecular weight is 325 g/mol. The van der Waals surface area contributed by atoms with Gasteiger partial charge in [0, 0.05) is 6.20 Å². The lowest BCUT2D eigenvalue weighted by Crippen LogP contribution is -2.30. The van der Waals surface area contributed by atoms with Gasteiger partial charge >= 0.3 is 0 Å².